The van der Waals surface area contributed by atoms with Gasteiger partial charge in [-0.15, -0.1) is 11.8 Å². The molecule has 2 aromatic rings. The molecule has 2 rings (SSSR count). The van der Waals surface area contributed by atoms with Crippen molar-refractivity contribution in [3.05, 3.63) is 65.7 Å². The van der Waals surface area contributed by atoms with Crippen LogP contribution in [0.15, 0.2) is 59.5 Å². The van der Waals surface area contributed by atoms with E-state index < -0.39 is 5.97 Å². The molecule has 0 fully saturated rings. The summed E-state index contributed by atoms with van der Waals surface area (Å²) in [5.74, 6) is -1.06. The maximum Gasteiger partial charge on any atom is 0.306 e. The second-order valence-electron chi connectivity index (χ2n) is 5.57. The molecule has 0 atom stereocenters. The third-order valence-corrected chi connectivity index (χ3v) is 4.41. The average molecular weight is 371 g/mol. The van der Waals surface area contributed by atoms with Crippen molar-refractivity contribution in [2.24, 2.45) is 0 Å². The van der Waals surface area contributed by atoms with Crippen LogP contribution in [0.4, 0.5) is 0 Å². The smallest absolute Gasteiger partial charge is 0.306 e. The van der Waals surface area contributed by atoms with Crippen LogP contribution in [0.5, 0.6) is 0 Å². The molecule has 0 spiro atoms. The van der Waals surface area contributed by atoms with Crippen LogP contribution in [0.3, 0.4) is 0 Å². The van der Waals surface area contributed by atoms with Crippen molar-refractivity contribution in [3.8, 4) is 0 Å². The van der Waals surface area contributed by atoms with Crippen LogP contribution in [0.2, 0.25) is 0 Å². The van der Waals surface area contributed by atoms with E-state index in [1.165, 1.54) is 0 Å². The number of benzene rings is 2. The Kier molecular flexibility index (Phi) is 7.89. The largest absolute Gasteiger partial charge is 0.456 e. The zero-order valence-corrected chi connectivity index (χ0v) is 15.4. The molecule has 5 nitrogen and oxygen atoms in total. The first-order chi connectivity index (χ1) is 12.6. The topological polar surface area (TPSA) is 72.5 Å². The highest BCUT2D eigenvalue weighted by Crippen LogP contribution is 2.16. The monoisotopic (exact) mass is 371 g/mol. The summed E-state index contributed by atoms with van der Waals surface area (Å²) in [7, 11) is 0. The van der Waals surface area contributed by atoms with E-state index in [4.69, 9.17) is 4.74 Å². The number of ether oxygens (including phenoxy) is 1. The van der Waals surface area contributed by atoms with Crippen LogP contribution in [-0.2, 0) is 20.9 Å². The molecule has 0 radical (unpaired) electrons. The summed E-state index contributed by atoms with van der Waals surface area (Å²) >= 11 is 1.60. The van der Waals surface area contributed by atoms with Gasteiger partial charge in [0.2, 0.25) is 0 Å². The van der Waals surface area contributed by atoms with Gasteiger partial charge in [-0.05, 0) is 24.0 Å². The van der Waals surface area contributed by atoms with Gasteiger partial charge in [0.15, 0.2) is 12.4 Å². The zero-order chi connectivity index (χ0) is 18.8. The van der Waals surface area contributed by atoms with Crippen molar-refractivity contribution in [3.63, 3.8) is 0 Å². The van der Waals surface area contributed by atoms with Gasteiger partial charge in [-0.25, -0.2) is 0 Å². The number of rotatable bonds is 9. The van der Waals surface area contributed by atoms with E-state index in [1.54, 1.807) is 23.9 Å². The summed E-state index contributed by atoms with van der Waals surface area (Å²) in [5, 5.41) is 2.67. The van der Waals surface area contributed by atoms with Crippen molar-refractivity contribution in [2.75, 3.05) is 12.9 Å². The fourth-order valence-electron chi connectivity index (χ4n) is 2.20. The molecule has 0 aromatic heterocycles. The molecule has 0 aliphatic rings. The fourth-order valence-corrected chi connectivity index (χ4v) is 2.61. The van der Waals surface area contributed by atoms with Crippen molar-refractivity contribution in [1.29, 1.82) is 0 Å². The molecule has 0 saturated carbocycles. The summed E-state index contributed by atoms with van der Waals surface area (Å²) in [6.45, 7) is 0.0318. The second-order valence-corrected chi connectivity index (χ2v) is 6.45. The minimum absolute atomic E-state index is 0.0465. The molecule has 1 amide bonds. The van der Waals surface area contributed by atoms with Crippen molar-refractivity contribution < 1.29 is 19.1 Å². The molecule has 0 aliphatic carbocycles. The van der Waals surface area contributed by atoms with E-state index in [2.05, 4.69) is 5.32 Å². The summed E-state index contributed by atoms with van der Waals surface area (Å²) in [6.07, 6.45) is 1.97. The number of thioether (sulfide) groups is 1. The highest BCUT2D eigenvalue weighted by molar-refractivity contribution is 7.98. The first kappa shape index (κ1) is 19.7. The predicted molar refractivity (Wildman–Crippen MR) is 101 cm³/mol. The van der Waals surface area contributed by atoms with Crippen molar-refractivity contribution >= 4 is 29.4 Å². The quantitative estimate of drug-likeness (QED) is 0.416. The molecule has 136 valence electrons. The molecule has 0 bridgehead atoms. The van der Waals surface area contributed by atoms with Gasteiger partial charge in [-0.2, -0.15) is 0 Å². The molecule has 26 heavy (non-hydrogen) atoms. The van der Waals surface area contributed by atoms with E-state index in [0.29, 0.717) is 12.1 Å². The lowest BCUT2D eigenvalue weighted by molar-refractivity contribution is -0.148. The summed E-state index contributed by atoms with van der Waals surface area (Å²) in [5.41, 5.74) is 1.53. The Balaban J connectivity index is 1.66. The molecule has 0 aliphatic heterocycles. The first-order valence-corrected chi connectivity index (χ1v) is 9.44. The van der Waals surface area contributed by atoms with Gasteiger partial charge < -0.3 is 10.1 Å². The number of carbonyl (C=O) groups is 3. The molecule has 0 saturated heterocycles. The zero-order valence-electron chi connectivity index (χ0n) is 14.6. The van der Waals surface area contributed by atoms with Gasteiger partial charge >= 0.3 is 5.97 Å². The Morgan fingerprint density at radius 1 is 0.962 bits per heavy atom. The van der Waals surface area contributed by atoms with Crippen LogP contribution >= 0.6 is 11.8 Å². The van der Waals surface area contributed by atoms with Gasteiger partial charge in [0.1, 0.15) is 0 Å². The number of esters is 1. The minimum atomic E-state index is -0.561. The standard InChI is InChI=1S/C20H21NO4S/c1-26-17-9-7-16(8-10-17)18(22)11-12-20(24)25-14-19(23)21-13-15-5-3-2-4-6-15/h2-10H,11-14H2,1H3,(H,21,23). The molecular weight excluding hydrogens is 350 g/mol. The van der Waals surface area contributed by atoms with Crippen molar-refractivity contribution in [1.82, 2.24) is 5.32 Å². The predicted octanol–water partition coefficient (Wildman–Crippen LogP) is 3.23. The van der Waals surface area contributed by atoms with E-state index in [-0.39, 0.29) is 31.1 Å². The number of nitrogens with one attached hydrogen (secondary N) is 1. The van der Waals surface area contributed by atoms with Gasteiger partial charge in [0.25, 0.3) is 5.91 Å². The molecule has 1 N–H and O–H groups in total. The average Bonchev–Trinajstić information content (AvgIpc) is 2.69. The Bertz CT molecular complexity index is 744. The van der Waals surface area contributed by atoms with Crippen LogP contribution in [0.1, 0.15) is 28.8 Å². The Morgan fingerprint density at radius 3 is 2.31 bits per heavy atom. The van der Waals surface area contributed by atoms with E-state index in [0.717, 1.165) is 10.5 Å². The maximum absolute atomic E-state index is 12.1. The van der Waals surface area contributed by atoms with Gasteiger partial charge in [-0.3, -0.25) is 14.4 Å². The SMILES string of the molecule is CSc1ccc(C(=O)CCC(=O)OCC(=O)NCc2ccccc2)cc1. The Hall–Kier alpha value is -2.60. The number of ketones is 1. The van der Waals surface area contributed by atoms with Crippen LogP contribution < -0.4 is 5.32 Å². The minimum Gasteiger partial charge on any atom is -0.456 e. The third kappa shape index (κ3) is 6.72. The lowest BCUT2D eigenvalue weighted by atomic mass is 10.1. The number of amides is 1. The molecular formula is C20H21NO4S. The first-order valence-electron chi connectivity index (χ1n) is 8.22. The molecule has 0 unspecified atom stereocenters. The van der Waals surface area contributed by atoms with Crippen molar-refractivity contribution in [2.45, 2.75) is 24.3 Å². The lowest BCUT2D eigenvalue weighted by Crippen LogP contribution is -2.28. The van der Waals surface area contributed by atoms with E-state index in [9.17, 15) is 14.4 Å². The summed E-state index contributed by atoms with van der Waals surface area (Å²) in [4.78, 5) is 36.5. The number of Topliss-reactive ketones (excluding diaryl/α,β-unsaturated/α-hetero) is 1. The third-order valence-electron chi connectivity index (χ3n) is 3.66. The Morgan fingerprint density at radius 2 is 1.65 bits per heavy atom. The molecule has 6 heteroatoms. The highest BCUT2D eigenvalue weighted by atomic mass is 32.2. The normalized spacial score (nSPS) is 10.2. The van der Waals surface area contributed by atoms with Gasteiger partial charge in [-0.1, -0.05) is 42.5 Å². The van der Waals surface area contributed by atoms with Crippen LogP contribution in [0.25, 0.3) is 0 Å². The second kappa shape index (κ2) is 10.4. The van der Waals surface area contributed by atoms with Gasteiger partial charge in [0.05, 0.1) is 6.42 Å². The lowest BCUT2D eigenvalue weighted by Gasteiger charge is -2.07. The molecule has 0 heterocycles. The van der Waals surface area contributed by atoms with E-state index >= 15 is 0 Å². The number of hydrogen-bond acceptors (Lipinski definition) is 5. The number of hydrogen-bond donors (Lipinski definition) is 1. The van der Waals surface area contributed by atoms with Crippen LogP contribution in [-0.4, -0.2) is 30.5 Å². The molecule has 2 aromatic carbocycles. The van der Waals surface area contributed by atoms with E-state index in [1.807, 2.05) is 48.7 Å². The summed E-state index contributed by atoms with van der Waals surface area (Å²) < 4.78 is 4.91. The fraction of sp³-hybridized carbons (Fsp3) is 0.250. The number of carbonyl (C=O) groups excluding carboxylic acids is 3. The maximum atomic E-state index is 12.1. The van der Waals surface area contributed by atoms with Gasteiger partial charge in [0, 0.05) is 23.4 Å². The summed E-state index contributed by atoms with van der Waals surface area (Å²) in [6, 6.07) is 16.7. The Labute approximate surface area is 157 Å². The highest BCUT2D eigenvalue weighted by Gasteiger charge is 2.12. The van der Waals surface area contributed by atoms with Crippen LogP contribution in [0, 0.1) is 0 Å².